The molecular formula is C11H14FNO. The minimum atomic E-state index is -0.172. The zero-order valence-corrected chi connectivity index (χ0v) is 8.22. The zero-order chi connectivity index (χ0) is 10.4. The van der Waals surface area contributed by atoms with E-state index < -0.39 is 0 Å². The Bertz CT molecular complexity index is 312. The monoisotopic (exact) mass is 195 g/mol. The van der Waals surface area contributed by atoms with Gasteiger partial charge in [0, 0.05) is 0 Å². The van der Waals surface area contributed by atoms with Gasteiger partial charge in [-0.2, -0.15) is 0 Å². The summed E-state index contributed by atoms with van der Waals surface area (Å²) < 4.78 is 12.9. The van der Waals surface area contributed by atoms with E-state index in [4.69, 9.17) is 0 Å². The second-order valence-electron chi connectivity index (χ2n) is 3.20. The van der Waals surface area contributed by atoms with E-state index in [1.165, 1.54) is 6.07 Å². The predicted molar refractivity (Wildman–Crippen MR) is 53.8 cm³/mol. The van der Waals surface area contributed by atoms with Gasteiger partial charge >= 0.3 is 0 Å². The Hall–Kier alpha value is -1.22. The summed E-state index contributed by atoms with van der Waals surface area (Å²) in [6.45, 7) is 2.86. The van der Waals surface area contributed by atoms with Gasteiger partial charge in [-0.3, -0.25) is 0 Å². The molecular weight excluding hydrogens is 181 g/mol. The maximum absolute atomic E-state index is 12.9. The molecule has 0 aliphatic heterocycles. The third kappa shape index (κ3) is 3.26. The molecule has 0 heterocycles. The number of benzene rings is 1. The Morgan fingerprint density at radius 2 is 2.29 bits per heavy atom. The van der Waals surface area contributed by atoms with Crippen LogP contribution < -0.4 is 5.32 Å². The molecule has 2 nitrogen and oxygen atoms in total. The number of carbonyl (C=O) groups excluding carboxylic acids is 1. The Balaban J connectivity index is 2.43. The van der Waals surface area contributed by atoms with Crippen LogP contribution in [0, 0.1) is 12.7 Å². The van der Waals surface area contributed by atoms with E-state index in [-0.39, 0.29) is 5.82 Å². The van der Waals surface area contributed by atoms with Gasteiger partial charge in [0.05, 0.1) is 6.54 Å². The maximum atomic E-state index is 12.9. The van der Waals surface area contributed by atoms with Crippen molar-refractivity contribution >= 4 is 6.29 Å². The van der Waals surface area contributed by atoms with Gasteiger partial charge in [-0.05, 0) is 37.1 Å². The Kier molecular flexibility index (Phi) is 4.26. The normalized spacial score (nSPS) is 10.1. The molecule has 0 aromatic heterocycles. The number of nitrogens with one attached hydrogen (secondary N) is 1. The van der Waals surface area contributed by atoms with Crippen molar-refractivity contribution in [2.45, 2.75) is 13.3 Å². The standard InChI is InChI=1S/C11H14FNO/c1-9-8-10(2-3-11(9)12)4-5-13-6-7-14/h2-3,7-8,13H,4-6H2,1H3. The largest absolute Gasteiger partial charge is 0.310 e. The van der Waals surface area contributed by atoms with Crippen molar-refractivity contribution in [2.75, 3.05) is 13.1 Å². The van der Waals surface area contributed by atoms with Crippen LogP contribution in [0.5, 0.6) is 0 Å². The summed E-state index contributed by atoms with van der Waals surface area (Å²) in [5, 5.41) is 2.96. The van der Waals surface area contributed by atoms with E-state index in [1.54, 1.807) is 13.0 Å². The van der Waals surface area contributed by atoms with E-state index in [9.17, 15) is 9.18 Å². The molecule has 0 radical (unpaired) electrons. The van der Waals surface area contributed by atoms with Gasteiger partial charge in [0.2, 0.25) is 0 Å². The van der Waals surface area contributed by atoms with Crippen molar-refractivity contribution in [3.8, 4) is 0 Å². The number of hydrogen-bond acceptors (Lipinski definition) is 2. The highest BCUT2D eigenvalue weighted by molar-refractivity contribution is 5.51. The minimum absolute atomic E-state index is 0.172. The first-order valence-electron chi connectivity index (χ1n) is 4.63. The Morgan fingerprint density at radius 1 is 1.50 bits per heavy atom. The molecule has 0 fully saturated rings. The first-order chi connectivity index (χ1) is 6.74. The zero-order valence-electron chi connectivity index (χ0n) is 8.22. The highest BCUT2D eigenvalue weighted by Gasteiger charge is 1.98. The highest BCUT2D eigenvalue weighted by Crippen LogP contribution is 2.09. The summed E-state index contributed by atoms with van der Waals surface area (Å²) in [6.07, 6.45) is 1.64. The molecule has 0 amide bonds. The van der Waals surface area contributed by atoms with E-state index >= 15 is 0 Å². The van der Waals surface area contributed by atoms with Crippen LogP contribution in [0.4, 0.5) is 4.39 Å². The summed E-state index contributed by atoms with van der Waals surface area (Å²) in [4.78, 5) is 10.0. The average molecular weight is 195 g/mol. The predicted octanol–water partition coefficient (Wildman–Crippen LogP) is 1.47. The van der Waals surface area contributed by atoms with Crippen LogP contribution in [-0.4, -0.2) is 19.4 Å². The van der Waals surface area contributed by atoms with Crippen LogP contribution in [-0.2, 0) is 11.2 Å². The molecule has 14 heavy (non-hydrogen) atoms. The lowest BCUT2D eigenvalue weighted by molar-refractivity contribution is -0.107. The average Bonchev–Trinajstić information content (AvgIpc) is 2.18. The topological polar surface area (TPSA) is 29.1 Å². The van der Waals surface area contributed by atoms with Gasteiger partial charge in [0.25, 0.3) is 0 Å². The van der Waals surface area contributed by atoms with E-state index in [1.807, 2.05) is 6.07 Å². The lowest BCUT2D eigenvalue weighted by atomic mass is 10.1. The van der Waals surface area contributed by atoms with E-state index in [2.05, 4.69) is 5.32 Å². The van der Waals surface area contributed by atoms with Crippen LogP contribution in [0.2, 0.25) is 0 Å². The molecule has 3 heteroatoms. The second kappa shape index (κ2) is 5.50. The van der Waals surface area contributed by atoms with Crippen LogP contribution in [0.25, 0.3) is 0 Å². The fourth-order valence-corrected chi connectivity index (χ4v) is 1.26. The molecule has 1 aromatic rings. The summed E-state index contributed by atoms with van der Waals surface area (Å²) in [7, 11) is 0. The number of halogens is 1. The molecule has 0 atom stereocenters. The van der Waals surface area contributed by atoms with Crippen molar-refractivity contribution in [3.05, 3.63) is 35.1 Å². The SMILES string of the molecule is Cc1cc(CCNCC=O)ccc1F. The molecule has 1 N–H and O–H groups in total. The maximum Gasteiger partial charge on any atom is 0.133 e. The number of hydrogen-bond donors (Lipinski definition) is 1. The molecule has 0 saturated carbocycles. The molecule has 76 valence electrons. The molecule has 1 aromatic carbocycles. The van der Waals surface area contributed by atoms with Crippen molar-refractivity contribution in [2.24, 2.45) is 0 Å². The number of rotatable bonds is 5. The van der Waals surface area contributed by atoms with Gasteiger partial charge in [-0.1, -0.05) is 12.1 Å². The van der Waals surface area contributed by atoms with Crippen molar-refractivity contribution < 1.29 is 9.18 Å². The minimum Gasteiger partial charge on any atom is -0.310 e. The van der Waals surface area contributed by atoms with Gasteiger partial charge in [0.15, 0.2) is 0 Å². The highest BCUT2D eigenvalue weighted by atomic mass is 19.1. The molecule has 0 unspecified atom stereocenters. The number of aldehydes is 1. The quantitative estimate of drug-likeness (QED) is 0.569. The lowest BCUT2D eigenvalue weighted by Crippen LogP contribution is -2.19. The summed E-state index contributed by atoms with van der Waals surface area (Å²) in [5.41, 5.74) is 1.75. The molecule has 0 saturated heterocycles. The Labute approximate surface area is 83.1 Å². The van der Waals surface area contributed by atoms with Crippen LogP contribution in [0.15, 0.2) is 18.2 Å². The fraction of sp³-hybridized carbons (Fsp3) is 0.364. The smallest absolute Gasteiger partial charge is 0.133 e. The second-order valence-corrected chi connectivity index (χ2v) is 3.20. The van der Waals surface area contributed by atoms with E-state index in [0.29, 0.717) is 12.1 Å². The third-order valence-electron chi connectivity index (χ3n) is 2.04. The molecule has 0 aliphatic carbocycles. The van der Waals surface area contributed by atoms with Crippen LogP contribution in [0.1, 0.15) is 11.1 Å². The van der Waals surface area contributed by atoms with Gasteiger partial charge in [-0.25, -0.2) is 4.39 Å². The summed E-state index contributed by atoms with van der Waals surface area (Å²) in [5.74, 6) is -0.172. The van der Waals surface area contributed by atoms with Crippen molar-refractivity contribution in [1.29, 1.82) is 0 Å². The van der Waals surface area contributed by atoms with Crippen molar-refractivity contribution in [1.82, 2.24) is 5.32 Å². The first kappa shape index (κ1) is 10.9. The first-order valence-corrected chi connectivity index (χ1v) is 4.63. The number of carbonyl (C=O) groups is 1. The fourth-order valence-electron chi connectivity index (χ4n) is 1.26. The lowest BCUT2D eigenvalue weighted by Gasteiger charge is -2.03. The van der Waals surface area contributed by atoms with E-state index in [0.717, 1.165) is 24.8 Å². The molecule has 0 aliphatic rings. The van der Waals surface area contributed by atoms with Crippen molar-refractivity contribution in [3.63, 3.8) is 0 Å². The summed E-state index contributed by atoms with van der Waals surface area (Å²) >= 11 is 0. The third-order valence-corrected chi connectivity index (χ3v) is 2.04. The number of aryl methyl sites for hydroxylation is 1. The molecule has 1 rings (SSSR count). The molecule has 0 bridgehead atoms. The van der Waals surface area contributed by atoms with Crippen LogP contribution >= 0.6 is 0 Å². The summed E-state index contributed by atoms with van der Waals surface area (Å²) in [6, 6.07) is 5.08. The molecule has 0 spiro atoms. The van der Waals surface area contributed by atoms with Gasteiger partial charge in [0.1, 0.15) is 12.1 Å². The van der Waals surface area contributed by atoms with Crippen LogP contribution in [0.3, 0.4) is 0 Å². The van der Waals surface area contributed by atoms with Gasteiger partial charge in [-0.15, -0.1) is 0 Å². The Morgan fingerprint density at radius 3 is 2.93 bits per heavy atom. The van der Waals surface area contributed by atoms with Gasteiger partial charge < -0.3 is 10.1 Å².